The second-order valence-electron chi connectivity index (χ2n) is 6.44. The highest BCUT2D eigenvalue weighted by Crippen LogP contribution is 2.13. The van der Waals surface area contributed by atoms with Crippen LogP contribution in [-0.2, 0) is 14.3 Å². The van der Waals surface area contributed by atoms with Crippen molar-refractivity contribution < 1.29 is 14.3 Å². The number of hydrogen-bond donors (Lipinski definition) is 3. The smallest absolute Gasteiger partial charge is 0.241 e. The molecule has 8 nitrogen and oxygen atoms in total. The molecule has 0 saturated carbocycles. The number of carbonyl (C=O) groups is 2. The van der Waals surface area contributed by atoms with E-state index in [-0.39, 0.29) is 54.3 Å². The first-order valence-corrected chi connectivity index (χ1v) is 9.07. The number of carbonyl (C=O) groups excluding carboxylic acids is 2. The summed E-state index contributed by atoms with van der Waals surface area (Å²) in [6, 6.07) is 0.255. The van der Waals surface area contributed by atoms with E-state index in [0.717, 1.165) is 32.5 Å². The van der Waals surface area contributed by atoms with E-state index in [0.29, 0.717) is 19.1 Å². The minimum Gasteiger partial charge on any atom is -0.383 e. The van der Waals surface area contributed by atoms with E-state index >= 15 is 0 Å². The van der Waals surface area contributed by atoms with E-state index in [4.69, 9.17) is 4.74 Å². The second-order valence-corrected chi connectivity index (χ2v) is 6.44. The lowest BCUT2D eigenvalue weighted by Crippen LogP contribution is -2.50. The highest BCUT2D eigenvalue weighted by atomic mass is 127. The summed E-state index contributed by atoms with van der Waals surface area (Å²) < 4.78 is 4.89. The number of piperidine rings is 1. The molecule has 26 heavy (non-hydrogen) atoms. The molecule has 1 rings (SSSR count). The standard InChI is InChI=1S/C17H33N5O3.HI/c1-5-18-17(20-12-15(23)19-8-11-25-4)21-14-6-9-22(10-7-14)16(24)13(2)3;/h13-14H,5-12H2,1-4H3,(H,19,23)(H2,18,20,21);1H. The normalized spacial score (nSPS) is 15.4. The fraction of sp³-hybridized carbons (Fsp3) is 0.824. The fourth-order valence-corrected chi connectivity index (χ4v) is 2.62. The van der Waals surface area contributed by atoms with Gasteiger partial charge in [-0.2, -0.15) is 0 Å². The molecule has 0 atom stereocenters. The Morgan fingerprint density at radius 1 is 1.23 bits per heavy atom. The third kappa shape index (κ3) is 9.56. The Bertz CT molecular complexity index is 452. The molecule has 1 aliphatic rings. The molecule has 1 fully saturated rings. The van der Waals surface area contributed by atoms with Crippen LogP contribution in [0.2, 0.25) is 0 Å². The van der Waals surface area contributed by atoms with Gasteiger partial charge < -0.3 is 25.6 Å². The van der Waals surface area contributed by atoms with Crippen molar-refractivity contribution in [2.75, 3.05) is 46.4 Å². The number of aliphatic imine (C=N–C) groups is 1. The third-order valence-corrected chi connectivity index (χ3v) is 3.99. The first kappa shape index (κ1) is 24.9. The Kier molecular flexibility index (Phi) is 13.4. The molecule has 3 N–H and O–H groups in total. The summed E-state index contributed by atoms with van der Waals surface area (Å²) in [6.07, 6.45) is 1.76. The maximum atomic E-state index is 12.0. The van der Waals surface area contributed by atoms with E-state index in [1.807, 2.05) is 25.7 Å². The molecule has 0 aromatic carbocycles. The van der Waals surface area contributed by atoms with Gasteiger partial charge >= 0.3 is 0 Å². The number of halogens is 1. The van der Waals surface area contributed by atoms with E-state index in [9.17, 15) is 9.59 Å². The molecular weight excluding hydrogens is 449 g/mol. The van der Waals surface area contributed by atoms with Crippen LogP contribution in [0.5, 0.6) is 0 Å². The average molecular weight is 483 g/mol. The first-order chi connectivity index (χ1) is 12.0. The number of ether oxygens (including phenoxy) is 1. The van der Waals surface area contributed by atoms with Crippen LogP contribution in [0.25, 0.3) is 0 Å². The van der Waals surface area contributed by atoms with Crippen LogP contribution in [0.4, 0.5) is 0 Å². The van der Waals surface area contributed by atoms with Crippen molar-refractivity contribution in [2.24, 2.45) is 10.9 Å². The molecule has 0 aliphatic carbocycles. The van der Waals surface area contributed by atoms with Crippen LogP contribution in [-0.4, -0.2) is 75.2 Å². The van der Waals surface area contributed by atoms with Crippen molar-refractivity contribution in [3.63, 3.8) is 0 Å². The van der Waals surface area contributed by atoms with Gasteiger partial charge in [-0.1, -0.05) is 13.8 Å². The minimum atomic E-state index is -0.133. The summed E-state index contributed by atoms with van der Waals surface area (Å²) in [5, 5.41) is 9.27. The number of amides is 2. The quantitative estimate of drug-likeness (QED) is 0.203. The Morgan fingerprint density at radius 2 is 1.88 bits per heavy atom. The van der Waals surface area contributed by atoms with Crippen molar-refractivity contribution in [3.05, 3.63) is 0 Å². The van der Waals surface area contributed by atoms with Gasteiger partial charge in [0, 0.05) is 45.2 Å². The molecule has 2 amide bonds. The molecule has 0 aromatic rings. The van der Waals surface area contributed by atoms with Crippen molar-refractivity contribution in [2.45, 2.75) is 39.7 Å². The van der Waals surface area contributed by atoms with E-state index in [1.54, 1.807) is 7.11 Å². The molecule has 0 unspecified atom stereocenters. The van der Waals surface area contributed by atoms with Gasteiger partial charge in [0.2, 0.25) is 11.8 Å². The van der Waals surface area contributed by atoms with E-state index in [2.05, 4.69) is 20.9 Å². The molecule has 1 aliphatic heterocycles. The fourth-order valence-electron chi connectivity index (χ4n) is 2.62. The van der Waals surface area contributed by atoms with Gasteiger partial charge in [0.25, 0.3) is 0 Å². The van der Waals surface area contributed by atoms with E-state index < -0.39 is 0 Å². The zero-order chi connectivity index (χ0) is 18.7. The number of nitrogens with one attached hydrogen (secondary N) is 3. The Labute approximate surface area is 173 Å². The van der Waals surface area contributed by atoms with Crippen molar-refractivity contribution in [1.29, 1.82) is 0 Å². The van der Waals surface area contributed by atoms with Crippen molar-refractivity contribution in [1.82, 2.24) is 20.9 Å². The molecule has 9 heteroatoms. The molecule has 0 bridgehead atoms. The largest absolute Gasteiger partial charge is 0.383 e. The lowest BCUT2D eigenvalue weighted by molar-refractivity contribution is -0.135. The summed E-state index contributed by atoms with van der Waals surface area (Å²) in [4.78, 5) is 30.0. The van der Waals surface area contributed by atoms with Crippen LogP contribution < -0.4 is 16.0 Å². The number of guanidine groups is 1. The molecule has 1 heterocycles. The minimum absolute atomic E-state index is 0. The maximum Gasteiger partial charge on any atom is 0.241 e. The lowest BCUT2D eigenvalue weighted by Gasteiger charge is -2.34. The zero-order valence-corrected chi connectivity index (χ0v) is 18.7. The second kappa shape index (κ2) is 14.0. The van der Waals surface area contributed by atoms with Crippen LogP contribution in [0.3, 0.4) is 0 Å². The number of methoxy groups -OCH3 is 1. The Hall–Kier alpha value is -1.10. The van der Waals surface area contributed by atoms with Gasteiger partial charge in [-0.3, -0.25) is 9.59 Å². The molecule has 152 valence electrons. The Morgan fingerprint density at radius 3 is 2.42 bits per heavy atom. The van der Waals surface area contributed by atoms with Gasteiger partial charge in [-0.25, -0.2) is 4.99 Å². The predicted molar refractivity (Wildman–Crippen MR) is 114 cm³/mol. The summed E-state index contributed by atoms with van der Waals surface area (Å²) >= 11 is 0. The summed E-state index contributed by atoms with van der Waals surface area (Å²) in [6.45, 7) is 9.13. The monoisotopic (exact) mass is 483 g/mol. The highest BCUT2D eigenvalue weighted by Gasteiger charge is 2.24. The van der Waals surface area contributed by atoms with Crippen molar-refractivity contribution >= 4 is 41.8 Å². The van der Waals surface area contributed by atoms with Gasteiger partial charge in [0.05, 0.1) is 6.61 Å². The van der Waals surface area contributed by atoms with Crippen LogP contribution in [0, 0.1) is 5.92 Å². The molecule has 1 saturated heterocycles. The van der Waals surface area contributed by atoms with Gasteiger partial charge in [0.1, 0.15) is 6.54 Å². The number of likely N-dealkylation sites (tertiary alicyclic amines) is 1. The van der Waals surface area contributed by atoms with Crippen LogP contribution in [0.1, 0.15) is 33.6 Å². The van der Waals surface area contributed by atoms with E-state index in [1.165, 1.54) is 0 Å². The third-order valence-electron chi connectivity index (χ3n) is 3.99. The summed E-state index contributed by atoms with van der Waals surface area (Å²) in [5.74, 6) is 0.761. The highest BCUT2D eigenvalue weighted by molar-refractivity contribution is 14.0. The topological polar surface area (TPSA) is 95.1 Å². The van der Waals surface area contributed by atoms with Crippen molar-refractivity contribution in [3.8, 4) is 0 Å². The maximum absolute atomic E-state index is 12.0. The van der Waals surface area contributed by atoms with Crippen LogP contribution in [0.15, 0.2) is 4.99 Å². The Balaban J connectivity index is 0.00000625. The molecule has 0 radical (unpaired) electrons. The molecule has 0 aromatic heterocycles. The molecule has 0 spiro atoms. The number of hydrogen-bond acceptors (Lipinski definition) is 4. The number of rotatable bonds is 8. The average Bonchev–Trinajstić information content (AvgIpc) is 2.60. The number of nitrogens with zero attached hydrogens (tertiary/aromatic N) is 2. The van der Waals surface area contributed by atoms with Gasteiger partial charge in [0.15, 0.2) is 5.96 Å². The SMILES string of the molecule is CCNC(=NCC(=O)NCCOC)NC1CCN(C(=O)C(C)C)CC1.I. The summed E-state index contributed by atoms with van der Waals surface area (Å²) in [7, 11) is 1.59. The summed E-state index contributed by atoms with van der Waals surface area (Å²) in [5.41, 5.74) is 0. The molecular formula is C17H34IN5O3. The van der Waals surface area contributed by atoms with Gasteiger partial charge in [-0.15, -0.1) is 24.0 Å². The van der Waals surface area contributed by atoms with Crippen LogP contribution >= 0.6 is 24.0 Å². The van der Waals surface area contributed by atoms with Gasteiger partial charge in [-0.05, 0) is 19.8 Å². The first-order valence-electron chi connectivity index (χ1n) is 9.07. The predicted octanol–water partition coefficient (Wildman–Crippen LogP) is 0.569. The zero-order valence-electron chi connectivity index (χ0n) is 16.3. The lowest BCUT2D eigenvalue weighted by atomic mass is 10.0.